The van der Waals surface area contributed by atoms with E-state index in [-0.39, 0.29) is 0 Å². The second kappa shape index (κ2) is 5.96. The first-order valence-corrected chi connectivity index (χ1v) is 7.41. The number of nitrogen functional groups attached to an aromatic ring is 1. The Morgan fingerprint density at radius 1 is 1.39 bits per heavy atom. The van der Waals surface area contributed by atoms with Gasteiger partial charge >= 0.3 is 0 Å². The number of benzene rings is 1. The smallest absolute Gasteiger partial charge is 0.0724 e. The molecule has 3 nitrogen and oxygen atoms in total. The van der Waals surface area contributed by atoms with E-state index in [0.717, 1.165) is 35.2 Å². The first-order chi connectivity index (χ1) is 8.72. The van der Waals surface area contributed by atoms with Crippen molar-refractivity contribution in [2.45, 2.75) is 18.6 Å². The Hall–Kier alpha value is -1.42. The molecule has 0 saturated heterocycles. The number of hydrogen-bond donors (Lipinski definition) is 2. The number of thioether (sulfide) groups is 1. The minimum Gasteiger partial charge on any atom is -0.397 e. The van der Waals surface area contributed by atoms with Crippen LogP contribution in [0.1, 0.15) is 13.3 Å². The quantitative estimate of drug-likeness (QED) is 0.810. The summed E-state index contributed by atoms with van der Waals surface area (Å²) in [6.45, 7) is 3.18. The summed E-state index contributed by atoms with van der Waals surface area (Å²) in [6, 6.07) is 7.94. The number of hydrogen-bond acceptors (Lipinski definition) is 4. The SMILES string of the molecule is CSC(C)CCNc1ccc2ncccc2c1N. The van der Waals surface area contributed by atoms with Crippen molar-refractivity contribution in [1.29, 1.82) is 0 Å². The van der Waals surface area contributed by atoms with Gasteiger partial charge in [0.05, 0.1) is 16.9 Å². The molecule has 0 aliphatic rings. The van der Waals surface area contributed by atoms with Gasteiger partial charge in [-0.15, -0.1) is 0 Å². The van der Waals surface area contributed by atoms with Gasteiger partial charge in [-0.1, -0.05) is 6.92 Å². The van der Waals surface area contributed by atoms with Gasteiger partial charge in [0.25, 0.3) is 0 Å². The summed E-state index contributed by atoms with van der Waals surface area (Å²) in [5.41, 5.74) is 8.90. The van der Waals surface area contributed by atoms with Crippen molar-refractivity contribution in [2.24, 2.45) is 0 Å². The Morgan fingerprint density at radius 2 is 2.22 bits per heavy atom. The second-order valence-corrected chi connectivity index (χ2v) is 5.63. The third-order valence-corrected chi connectivity index (χ3v) is 4.14. The molecular formula is C14H19N3S. The number of fused-ring (bicyclic) bond motifs is 1. The van der Waals surface area contributed by atoms with Gasteiger partial charge < -0.3 is 11.1 Å². The van der Waals surface area contributed by atoms with Crippen molar-refractivity contribution in [3.63, 3.8) is 0 Å². The molecule has 3 N–H and O–H groups in total. The molecular weight excluding hydrogens is 242 g/mol. The predicted molar refractivity (Wildman–Crippen MR) is 82.2 cm³/mol. The van der Waals surface area contributed by atoms with Crippen molar-refractivity contribution in [1.82, 2.24) is 4.98 Å². The molecule has 0 amide bonds. The van der Waals surface area contributed by atoms with Crippen LogP contribution < -0.4 is 11.1 Å². The van der Waals surface area contributed by atoms with Gasteiger partial charge in [-0.25, -0.2) is 0 Å². The Morgan fingerprint density at radius 3 is 3.00 bits per heavy atom. The van der Waals surface area contributed by atoms with Gasteiger partial charge in [-0.05, 0) is 36.9 Å². The molecule has 1 heterocycles. The minimum atomic E-state index is 0.667. The Bertz CT molecular complexity index is 527. The number of anilines is 2. The molecule has 0 spiro atoms. The van der Waals surface area contributed by atoms with Crippen molar-refractivity contribution in [3.8, 4) is 0 Å². The van der Waals surface area contributed by atoms with E-state index >= 15 is 0 Å². The maximum absolute atomic E-state index is 6.16. The lowest BCUT2D eigenvalue weighted by Gasteiger charge is -2.13. The molecule has 0 aliphatic carbocycles. The van der Waals surface area contributed by atoms with Gasteiger partial charge in [-0.3, -0.25) is 4.98 Å². The average molecular weight is 261 g/mol. The summed E-state index contributed by atoms with van der Waals surface area (Å²) < 4.78 is 0. The molecule has 4 heteroatoms. The van der Waals surface area contributed by atoms with Gasteiger partial charge in [0.15, 0.2) is 0 Å². The molecule has 96 valence electrons. The molecule has 2 aromatic rings. The van der Waals surface area contributed by atoms with E-state index in [1.807, 2.05) is 36.0 Å². The summed E-state index contributed by atoms with van der Waals surface area (Å²) in [5.74, 6) is 0. The zero-order valence-corrected chi connectivity index (χ0v) is 11.6. The van der Waals surface area contributed by atoms with Crippen molar-refractivity contribution >= 4 is 34.0 Å². The van der Waals surface area contributed by atoms with Gasteiger partial charge in [0, 0.05) is 23.4 Å². The number of nitrogens with zero attached hydrogens (tertiary/aromatic N) is 1. The van der Waals surface area contributed by atoms with Gasteiger partial charge in [0.1, 0.15) is 0 Å². The summed E-state index contributed by atoms with van der Waals surface area (Å²) in [7, 11) is 0. The number of pyridine rings is 1. The Labute approximate surface area is 112 Å². The first kappa shape index (κ1) is 13.0. The van der Waals surface area contributed by atoms with E-state index in [1.165, 1.54) is 0 Å². The zero-order valence-electron chi connectivity index (χ0n) is 10.8. The average Bonchev–Trinajstić information content (AvgIpc) is 2.41. The highest BCUT2D eigenvalue weighted by Crippen LogP contribution is 2.27. The minimum absolute atomic E-state index is 0.667. The largest absolute Gasteiger partial charge is 0.397 e. The van der Waals surface area contributed by atoms with Gasteiger partial charge in [-0.2, -0.15) is 11.8 Å². The monoisotopic (exact) mass is 261 g/mol. The molecule has 2 rings (SSSR count). The van der Waals surface area contributed by atoms with Crippen molar-refractivity contribution < 1.29 is 0 Å². The topological polar surface area (TPSA) is 50.9 Å². The van der Waals surface area contributed by atoms with E-state index in [0.29, 0.717) is 5.25 Å². The standard InChI is InChI=1S/C14H19N3S/c1-10(18-2)7-9-17-13-6-5-12-11(14(13)15)4-3-8-16-12/h3-6,8,10,17H,7,9,15H2,1-2H3. The van der Waals surface area contributed by atoms with Crippen LogP contribution in [0.4, 0.5) is 11.4 Å². The van der Waals surface area contributed by atoms with E-state index in [2.05, 4.69) is 23.5 Å². The number of aromatic nitrogens is 1. The lowest BCUT2D eigenvalue weighted by molar-refractivity contribution is 0.854. The summed E-state index contributed by atoms with van der Waals surface area (Å²) >= 11 is 1.89. The molecule has 1 aromatic carbocycles. The molecule has 1 atom stereocenters. The van der Waals surface area contributed by atoms with E-state index in [1.54, 1.807) is 6.20 Å². The molecule has 1 aromatic heterocycles. The van der Waals surface area contributed by atoms with Crippen LogP contribution in [-0.4, -0.2) is 23.0 Å². The maximum atomic E-state index is 6.16. The lowest BCUT2D eigenvalue weighted by atomic mass is 10.1. The number of nitrogens with one attached hydrogen (secondary N) is 1. The zero-order chi connectivity index (χ0) is 13.0. The fraction of sp³-hybridized carbons (Fsp3) is 0.357. The molecule has 0 fully saturated rings. The summed E-state index contributed by atoms with van der Waals surface area (Å²) in [5, 5.41) is 5.09. The van der Waals surface area contributed by atoms with Crippen molar-refractivity contribution in [2.75, 3.05) is 23.9 Å². The Kier molecular flexibility index (Phi) is 4.31. The molecule has 0 saturated carbocycles. The van der Waals surface area contributed by atoms with Crippen LogP contribution in [0.3, 0.4) is 0 Å². The van der Waals surface area contributed by atoms with Crippen LogP contribution in [0.5, 0.6) is 0 Å². The Balaban J connectivity index is 2.12. The van der Waals surface area contributed by atoms with Crippen LogP contribution in [0, 0.1) is 0 Å². The molecule has 18 heavy (non-hydrogen) atoms. The fourth-order valence-corrected chi connectivity index (χ4v) is 2.21. The predicted octanol–water partition coefficient (Wildman–Crippen LogP) is 3.37. The fourth-order valence-electron chi connectivity index (χ4n) is 1.86. The van der Waals surface area contributed by atoms with Crippen LogP contribution in [0.25, 0.3) is 10.9 Å². The van der Waals surface area contributed by atoms with E-state index < -0.39 is 0 Å². The maximum Gasteiger partial charge on any atom is 0.0724 e. The van der Waals surface area contributed by atoms with Crippen LogP contribution in [-0.2, 0) is 0 Å². The van der Waals surface area contributed by atoms with Crippen LogP contribution >= 0.6 is 11.8 Å². The normalized spacial score (nSPS) is 12.6. The highest BCUT2D eigenvalue weighted by Gasteiger charge is 2.05. The first-order valence-electron chi connectivity index (χ1n) is 6.12. The molecule has 0 aliphatic heterocycles. The lowest BCUT2D eigenvalue weighted by Crippen LogP contribution is -2.09. The number of nitrogens with two attached hydrogens (primary N) is 1. The molecule has 0 bridgehead atoms. The van der Waals surface area contributed by atoms with Crippen LogP contribution in [0.15, 0.2) is 30.5 Å². The van der Waals surface area contributed by atoms with E-state index in [9.17, 15) is 0 Å². The molecule has 1 unspecified atom stereocenters. The van der Waals surface area contributed by atoms with Gasteiger partial charge in [0.2, 0.25) is 0 Å². The number of rotatable bonds is 5. The summed E-state index contributed by atoms with van der Waals surface area (Å²) in [6.07, 6.45) is 5.06. The summed E-state index contributed by atoms with van der Waals surface area (Å²) in [4.78, 5) is 4.29. The third-order valence-electron chi connectivity index (χ3n) is 3.10. The molecule has 0 radical (unpaired) electrons. The highest BCUT2D eigenvalue weighted by molar-refractivity contribution is 7.99. The highest BCUT2D eigenvalue weighted by atomic mass is 32.2. The van der Waals surface area contributed by atoms with Crippen LogP contribution in [0.2, 0.25) is 0 Å². The van der Waals surface area contributed by atoms with E-state index in [4.69, 9.17) is 5.73 Å². The second-order valence-electron chi connectivity index (χ2n) is 4.36. The third kappa shape index (κ3) is 2.88. The van der Waals surface area contributed by atoms with Crippen molar-refractivity contribution in [3.05, 3.63) is 30.5 Å².